The van der Waals surface area contributed by atoms with Crippen LogP contribution in [-0.4, -0.2) is 22.9 Å². The third-order valence-corrected chi connectivity index (χ3v) is 4.93. The van der Waals surface area contributed by atoms with Gasteiger partial charge >= 0.3 is 0 Å². The number of hydrogen-bond donors (Lipinski definition) is 1. The molecular weight excluding hydrogens is 294 g/mol. The predicted octanol–water partition coefficient (Wildman–Crippen LogP) is 4.31. The quantitative estimate of drug-likeness (QED) is 0.780. The molecule has 1 fully saturated rings. The second kappa shape index (κ2) is 6.62. The maximum absolute atomic E-state index is 4.77. The van der Waals surface area contributed by atoms with E-state index in [9.17, 15) is 0 Å². The molecule has 0 saturated carbocycles. The van der Waals surface area contributed by atoms with Crippen LogP contribution in [0.4, 0.5) is 0 Å². The average Bonchev–Trinajstić information content (AvgIpc) is 3.08. The van der Waals surface area contributed by atoms with Crippen molar-refractivity contribution < 1.29 is 0 Å². The third-order valence-electron chi connectivity index (χ3n) is 4.93. The Morgan fingerprint density at radius 3 is 2.54 bits per heavy atom. The average molecular weight is 317 g/mol. The smallest absolute Gasteiger partial charge is 0.0649 e. The van der Waals surface area contributed by atoms with Gasteiger partial charge in [0.2, 0.25) is 0 Å². The van der Waals surface area contributed by atoms with E-state index in [1.54, 1.807) is 0 Å². The Labute approximate surface area is 143 Å². The van der Waals surface area contributed by atoms with Crippen molar-refractivity contribution in [3.8, 4) is 16.8 Å². The van der Waals surface area contributed by atoms with Gasteiger partial charge in [0.15, 0.2) is 0 Å². The van der Waals surface area contributed by atoms with E-state index in [0.29, 0.717) is 5.92 Å². The van der Waals surface area contributed by atoms with E-state index in [-0.39, 0.29) is 0 Å². The summed E-state index contributed by atoms with van der Waals surface area (Å²) < 4.78 is 2.14. The molecule has 1 atom stereocenters. The van der Waals surface area contributed by atoms with Crippen LogP contribution in [0.5, 0.6) is 0 Å². The molecule has 122 valence electrons. The SMILES string of the molecule is Cc1ccccc1-c1cnn(-c2ccccc2)c1C1CCCNC1. The van der Waals surface area contributed by atoms with E-state index in [2.05, 4.69) is 71.5 Å². The molecular formula is C21H23N3. The van der Waals surface area contributed by atoms with Crippen molar-refractivity contribution in [3.05, 3.63) is 72.1 Å². The summed E-state index contributed by atoms with van der Waals surface area (Å²) in [4.78, 5) is 0. The minimum atomic E-state index is 0.496. The predicted molar refractivity (Wildman–Crippen MR) is 98.6 cm³/mol. The molecule has 1 unspecified atom stereocenters. The summed E-state index contributed by atoms with van der Waals surface area (Å²) in [6.07, 6.45) is 4.47. The zero-order valence-electron chi connectivity index (χ0n) is 14.1. The molecule has 1 aliphatic rings. The number of hydrogen-bond acceptors (Lipinski definition) is 2. The van der Waals surface area contributed by atoms with Crippen molar-refractivity contribution in [1.29, 1.82) is 0 Å². The standard InChI is InChI=1S/C21H23N3/c1-16-8-5-6-12-19(16)20-15-23-24(18-10-3-2-4-11-18)21(20)17-9-7-13-22-14-17/h2-6,8,10-12,15,17,22H,7,9,13-14H2,1H3. The van der Waals surface area contributed by atoms with E-state index in [1.807, 2.05) is 6.20 Å². The number of rotatable bonds is 3. The van der Waals surface area contributed by atoms with Crippen molar-refractivity contribution in [2.24, 2.45) is 0 Å². The molecule has 0 amide bonds. The molecule has 1 aliphatic heterocycles. The largest absolute Gasteiger partial charge is 0.316 e. The fraction of sp³-hybridized carbons (Fsp3) is 0.286. The van der Waals surface area contributed by atoms with Crippen LogP contribution >= 0.6 is 0 Å². The normalized spacial score (nSPS) is 17.8. The minimum Gasteiger partial charge on any atom is -0.316 e. The van der Waals surface area contributed by atoms with Crippen molar-refractivity contribution >= 4 is 0 Å². The Kier molecular flexibility index (Phi) is 4.18. The molecule has 3 nitrogen and oxygen atoms in total. The molecule has 4 rings (SSSR count). The summed E-state index contributed by atoms with van der Waals surface area (Å²) in [6.45, 7) is 4.32. The maximum Gasteiger partial charge on any atom is 0.0649 e. The first-order valence-corrected chi connectivity index (χ1v) is 8.74. The summed E-state index contributed by atoms with van der Waals surface area (Å²) in [5.41, 5.74) is 6.33. The van der Waals surface area contributed by atoms with Gasteiger partial charge in [0, 0.05) is 18.0 Å². The lowest BCUT2D eigenvalue weighted by molar-refractivity contribution is 0.448. The first-order chi connectivity index (χ1) is 11.8. The highest BCUT2D eigenvalue weighted by atomic mass is 15.3. The highest BCUT2D eigenvalue weighted by molar-refractivity contribution is 5.70. The number of aromatic nitrogens is 2. The van der Waals surface area contributed by atoms with Crippen LogP contribution in [0.2, 0.25) is 0 Å². The maximum atomic E-state index is 4.77. The molecule has 0 radical (unpaired) electrons. The van der Waals surface area contributed by atoms with Crippen molar-refractivity contribution in [1.82, 2.24) is 15.1 Å². The molecule has 1 aromatic heterocycles. The lowest BCUT2D eigenvalue weighted by atomic mass is 9.90. The number of nitrogens with zero attached hydrogens (tertiary/aromatic N) is 2. The van der Waals surface area contributed by atoms with Crippen LogP contribution < -0.4 is 5.32 Å². The Morgan fingerprint density at radius 1 is 1.00 bits per heavy atom. The first kappa shape index (κ1) is 15.2. The number of para-hydroxylation sites is 1. The minimum absolute atomic E-state index is 0.496. The van der Waals surface area contributed by atoms with Crippen LogP contribution in [0, 0.1) is 6.92 Å². The molecule has 3 aromatic rings. The van der Waals surface area contributed by atoms with Crippen molar-refractivity contribution in [2.45, 2.75) is 25.7 Å². The second-order valence-electron chi connectivity index (χ2n) is 6.55. The van der Waals surface area contributed by atoms with Gasteiger partial charge in [-0.3, -0.25) is 0 Å². The number of piperidine rings is 1. The lowest BCUT2D eigenvalue weighted by Crippen LogP contribution is -2.30. The molecule has 3 heteroatoms. The van der Waals surface area contributed by atoms with E-state index in [0.717, 1.165) is 18.8 Å². The Hall–Kier alpha value is -2.39. The fourth-order valence-corrected chi connectivity index (χ4v) is 3.69. The van der Waals surface area contributed by atoms with Crippen molar-refractivity contribution in [3.63, 3.8) is 0 Å². The van der Waals surface area contributed by atoms with Crippen LogP contribution in [0.25, 0.3) is 16.8 Å². The summed E-state index contributed by atoms with van der Waals surface area (Å²) in [7, 11) is 0. The van der Waals surface area contributed by atoms with Crippen molar-refractivity contribution in [2.75, 3.05) is 13.1 Å². The van der Waals surface area contributed by atoms with E-state index < -0.39 is 0 Å². The zero-order chi connectivity index (χ0) is 16.4. The monoisotopic (exact) mass is 317 g/mol. The van der Waals surface area contributed by atoms with Gasteiger partial charge in [-0.25, -0.2) is 4.68 Å². The molecule has 0 spiro atoms. The van der Waals surface area contributed by atoms with Gasteiger partial charge in [0.05, 0.1) is 17.6 Å². The summed E-state index contributed by atoms with van der Waals surface area (Å²) in [6, 6.07) is 19.1. The molecule has 2 heterocycles. The Bertz CT molecular complexity index is 814. The first-order valence-electron chi connectivity index (χ1n) is 8.74. The molecule has 1 N–H and O–H groups in total. The van der Waals surface area contributed by atoms with Gasteiger partial charge in [0.25, 0.3) is 0 Å². The van der Waals surface area contributed by atoms with Gasteiger partial charge in [-0.05, 0) is 49.6 Å². The van der Waals surface area contributed by atoms with E-state index in [4.69, 9.17) is 5.10 Å². The highest BCUT2D eigenvalue weighted by Gasteiger charge is 2.24. The molecule has 24 heavy (non-hydrogen) atoms. The van der Waals surface area contributed by atoms with Crippen LogP contribution in [0.1, 0.15) is 30.0 Å². The molecule has 1 saturated heterocycles. The second-order valence-corrected chi connectivity index (χ2v) is 6.55. The van der Waals surface area contributed by atoms with Crippen LogP contribution in [0.15, 0.2) is 60.8 Å². The number of aryl methyl sites for hydroxylation is 1. The summed E-state index contributed by atoms with van der Waals surface area (Å²) in [5, 5.41) is 8.32. The molecule has 0 aliphatic carbocycles. The summed E-state index contributed by atoms with van der Waals surface area (Å²) >= 11 is 0. The van der Waals surface area contributed by atoms with Gasteiger partial charge in [-0.2, -0.15) is 5.10 Å². The van der Waals surface area contributed by atoms with E-state index in [1.165, 1.54) is 35.2 Å². The zero-order valence-corrected chi connectivity index (χ0v) is 14.1. The fourth-order valence-electron chi connectivity index (χ4n) is 3.69. The van der Waals surface area contributed by atoms with Crippen LogP contribution in [0.3, 0.4) is 0 Å². The van der Waals surface area contributed by atoms with Gasteiger partial charge in [-0.1, -0.05) is 42.5 Å². The van der Waals surface area contributed by atoms with Crippen LogP contribution in [-0.2, 0) is 0 Å². The van der Waals surface area contributed by atoms with Gasteiger partial charge in [0.1, 0.15) is 0 Å². The third kappa shape index (κ3) is 2.76. The topological polar surface area (TPSA) is 29.9 Å². The molecule has 0 bridgehead atoms. The van der Waals surface area contributed by atoms with Gasteiger partial charge < -0.3 is 5.32 Å². The van der Waals surface area contributed by atoms with E-state index >= 15 is 0 Å². The Morgan fingerprint density at radius 2 is 1.79 bits per heavy atom. The number of benzene rings is 2. The summed E-state index contributed by atoms with van der Waals surface area (Å²) in [5.74, 6) is 0.496. The highest BCUT2D eigenvalue weighted by Crippen LogP contribution is 2.35. The lowest BCUT2D eigenvalue weighted by Gasteiger charge is -2.25. The molecule has 2 aromatic carbocycles. The Balaban J connectivity index is 1.88. The number of nitrogens with one attached hydrogen (secondary N) is 1. The van der Waals surface area contributed by atoms with Gasteiger partial charge in [-0.15, -0.1) is 0 Å².